The van der Waals surface area contributed by atoms with E-state index in [2.05, 4.69) is 6.58 Å². The number of nitrogens with zero attached hydrogens (tertiary/aromatic N) is 1. The van der Waals surface area contributed by atoms with Crippen LogP contribution in [0.2, 0.25) is 0 Å². The molecule has 1 atom stereocenters. The highest BCUT2D eigenvalue weighted by Crippen LogP contribution is 2.18. The Balaban J connectivity index is 4.28. The summed E-state index contributed by atoms with van der Waals surface area (Å²) >= 11 is 16.4. The SMILES string of the molecule is C=CCN(C(=O)O)C(Cl)C(Cl)Cl. The molecular weight excluding hydrogens is 224 g/mol. The molecule has 0 saturated carbocycles. The van der Waals surface area contributed by atoms with E-state index in [1.54, 1.807) is 0 Å². The molecule has 0 aromatic carbocycles. The second kappa shape index (κ2) is 5.51. The summed E-state index contributed by atoms with van der Waals surface area (Å²) in [5.41, 5.74) is -0.955. The lowest BCUT2D eigenvalue weighted by Crippen LogP contribution is -2.39. The van der Waals surface area contributed by atoms with Gasteiger partial charge in [0.05, 0.1) is 0 Å². The normalized spacial score (nSPS) is 12.7. The van der Waals surface area contributed by atoms with Gasteiger partial charge < -0.3 is 5.11 Å². The predicted octanol–water partition coefficient (Wildman–Crippen LogP) is 2.52. The number of rotatable bonds is 4. The van der Waals surface area contributed by atoms with E-state index >= 15 is 0 Å². The number of carbonyl (C=O) groups is 1. The summed E-state index contributed by atoms with van der Waals surface area (Å²) in [7, 11) is 0. The van der Waals surface area contributed by atoms with E-state index in [-0.39, 0.29) is 6.54 Å². The fraction of sp³-hybridized carbons (Fsp3) is 0.500. The van der Waals surface area contributed by atoms with Crippen molar-refractivity contribution in [1.82, 2.24) is 4.90 Å². The van der Waals surface area contributed by atoms with Crippen molar-refractivity contribution in [2.45, 2.75) is 10.3 Å². The average Bonchev–Trinajstić information content (AvgIpc) is 1.98. The molecule has 1 amide bonds. The van der Waals surface area contributed by atoms with Crippen LogP contribution in [0.3, 0.4) is 0 Å². The van der Waals surface area contributed by atoms with Crippen LogP contribution in [0.1, 0.15) is 0 Å². The summed E-state index contributed by atoms with van der Waals surface area (Å²) in [6, 6.07) is 0. The summed E-state index contributed by atoms with van der Waals surface area (Å²) in [5.74, 6) is 0. The van der Waals surface area contributed by atoms with Gasteiger partial charge in [-0.2, -0.15) is 0 Å². The number of hydrogen-bond acceptors (Lipinski definition) is 1. The highest BCUT2D eigenvalue weighted by molar-refractivity contribution is 6.48. The Morgan fingerprint density at radius 2 is 2.08 bits per heavy atom. The van der Waals surface area contributed by atoms with Gasteiger partial charge in [0, 0.05) is 6.54 Å². The maximum absolute atomic E-state index is 10.5. The van der Waals surface area contributed by atoms with E-state index in [0.717, 1.165) is 4.90 Å². The first-order valence-corrected chi connectivity index (χ1v) is 4.34. The first-order chi connectivity index (χ1) is 5.50. The lowest BCUT2D eigenvalue weighted by atomic mass is 10.5. The number of halogens is 3. The van der Waals surface area contributed by atoms with Crippen molar-refractivity contribution in [2.75, 3.05) is 6.54 Å². The lowest BCUT2D eigenvalue weighted by molar-refractivity contribution is 0.147. The van der Waals surface area contributed by atoms with Gasteiger partial charge >= 0.3 is 6.09 Å². The van der Waals surface area contributed by atoms with E-state index in [1.807, 2.05) is 0 Å². The smallest absolute Gasteiger partial charge is 0.408 e. The largest absolute Gasteiger partial charge is 0.465 e. The first kappa shape index (κ1) is 11.9. The molecule has 0 aromatic rings. The number of alkyl halides is 3. The van der Waals surface area contributed by atoms with Crippen LogP contribution in [0, 0.1) is 0 Å². The van der Waals surface area contributed by atoms with Gasteiger partial charge in [-0.15, -0.1) is 29.8 Å². The van der Waals surface area contributed by atoms with Crippen molar-refractivity contribution in [3.8, 4) is 0 Å². The van der Waals surface area contributed by atoms with Crippen LogP contribution in [-0.4, -0.2) is 33.0 Å². The summed E-state index contributed by atoms with van der Waals surface area (Å²) < 4.78 is 0. The Labute approximate surface area is 85.5 Å². The van der Waals surface area contributed by atoms with Crippen molar-refractivity contribution in [1.29, 1.82) is 0 Å². The monoisotopic (exact) mass is 231 g/mol. The molecule has 0 aliphatic rings. The van der Waals surface area contributed by atoms with Gasteiger partial charge in [0.1, 0.15) is 10.3 Å². The van der Waals surface area contributed by atoms with Crippen LogP contribution in [0.25, 0.3) is 0 Å². The number of amides is 1. The van der Waals surface area contributed by atoms with Gasteiger partial charge in [0.2, 0.25) is 0 Å². The molecule has 1 N–H and O–H groups in total. The van der Waals surface area contributed by atoms with Crippen molar-refractivity contribution in [3.05, 3.63) is 12.7 Å². The highest BCUT2D eigenvalue weighted by atomic mass is 35.5. The molecule has 0 fully saturated rings. The molecule has 3 nitrogen and oxygen atoms in total. The molecule has 0 spiro atoms. The fourth-order valence-corrected chi connectivity index (χ4v) is 0.995. The zero-order chi connectivity index (χ0) is 9.72. The van der Waals surface area contributed by atoms with Gasteiger partial charge in [-0.3, -0.25) is 4.90 Å². The van der Waals surface area contributed by atoms with E-state index in [1.165, 1.54) is 6.08 Å². The Hall–Kier alpha value is -0.120. The molecule has 0 radical (unpaired) electrons. The number of hydrogen-bond donors (Lipinski definition) is 1. The Bertz CT molecular complexity index is 174. The van der Waals surface area contributed by atoms with Crippen LogP contribution in [0.4, 0.5) is 4.79 Å². The van der Waals surface area contributed by atoms with Crippen molar-refractivity contribution in [2.24, 2.45) is 0 Å². The molecule has 0 aliphatic heterocycles. The molecule has 70 valence electrons. The lowest BCUT2D eigenvalue weighted by Gasteiger charge is -2.23. The molecule has 0 heterocycles. The fourth-order valence-electron chi connectivity index (χ4n) is 0.559. The molecular formula is C6H8Cl3NO2. The third kappa shape index (κ3) is 3.52. The second-order valence-corrected chi connectivity index (χ2v) is 3.54. The topological polar surface area (TPSA) is 40.5 Å². The average molecular weight is 232 g/mol. The van der Waals surface area contributed by atoms with E-state index in [9.17, 15) is 4.79 Å². The third-order valence-corrected chi connectivity index (χ3v) is 2.30. The highest BCUT2D eigenvalue weighted by Gasteiger charge is 2.25. The van der Waals surface area contributed by atoms with Crippen LogP contribution in [-0.2, 0) is 0 Å². The molecule has 0 aromatic heterocycles. The molecule has 0 bridgehead atoms. The van der Waals surface area contributed by atoms with Crippen molar-refractivity contribution >= 4 is 40.9 Å². The van der Waals surface area contributed by atoms with Crippen LogP contribution in [0.5, 0.6) is 0 Å². The van der Waals surface area contributed by atoms with Crippen LogP contribution in [0.15, 0.2) is 12.7 Å². The quantitative estimate of drug-likeness (QED) is 0.460. The number of carboxylic acid groups (broad SMARTS) is 1. The molecule has 1 unspecified atom stereocenters. The second-order valence-electron chi connectivity index (χ2n) is 1.93. The van der Waals surface area contributed by atoms with Gasteiger partial charge in [0.25, 0.3) is 0 Å². The minimum absolute atomic E-state index is 0.0967. The van der Waals surface area contributed by atoms with Gasteiger partial charge in [-0.1, -0.05) is 17.7 Å². The summed E-state index contributed by atoms with van der Waals surface area (Å²) in [6.45, 7) is 3.47. The molecule has 6 heteroatoms. The maximum atomic E-state index is 10.5. The zero-order valence-corrected chi connectivity index (χ0v) is 8.35. The molecule has 0 aliphatic carbocycles. The van der Waals surface area contributed by atoms with Crippen LogP contribution < -0.4 is 0 Å². The van der Waals surface area contributed by atoms with Crippen molar-refractivity contribution in [3.63, 3.8) is 0 Å². The van der Waals surface area contributed by atoms with E-state index in [4.69, 9.17) is 39.9 Å². The zero-order valence-electron chi connectivity index (χ0n) is 6.08. The Kier molecular flexibility index (Phi) is 5.46. The molecule has 0 rings (SSSR count). The van der Waals surface area contributed by atoms with Gasteiger partial charge in [0.15, 0.2) is 0 Å². The summed E-state index contributed by atoms with van der Waals surface area (Å²) in [6.07, 6.45) is 0.223. The Morgan fingerprint density at radius 1 is 1.58 bits per heavy atom. The minimum atomic E-state index is -1.18. The van der Waals surface area contributed by atoms with E-state index in [0.29, 0.717) is 0 Å². The van der Waals surface area contributed by atoms with Gasteiger partial charge in [-0.25, -0.2) is 4.79 Å². The molecule has 0 saturated heterocycles. The summed E-state index contributed by atoms with van der Waals surface area (Å²) in [5, 5.41) is 8.60. The molecule has 12 heavy (non-hydrogen) atoms. The standard InChI is InChI=1S/C6H8Cl3NO2/c1-2-3-10(6(11)12)5(9)4(7)8/h2,4-5H,1,3H2,(H,11,12). The van der Waals surface area contributed by atoms with Gasteiger partial charge in [-0.05, 0) is 0 Å². The van der Waals surface area contributed by atoms with Crippen LogP contribution >= 0.6 is 34.8 Å². The summed E-state index contributed by atoms with van der Waals surface area (Å²) in [4.78, 5) is 10.4. The van der Waals surface area contributed by atoms with Crippen molar-refractivity contribution < 1.29 is 9.90 Å². The maximum Gasteiger partial charge on any atom is 0.408 e. The third-order valence-electron chi connectivity index (χ3n) is 1.08. The minimum Gasteiger partial charge on any atom is -0.465 e. The Morgan fingerprint density at radius 3 is 2.33 bits per heavy atom. The van der Waals surface area contributed by atoms with E-state index < -0.39 is 16.4 Å². The first-order valence-electron chi connectivity index (χ1n) is 3.03. The predicted molar refractivity (Wildman–Crippen MR) is 50.1 cm³/mol.